The minimum absolute atomic E-state index is 0.00559. The predicted octanol–water partition coefficient (Wildman–Crippen LogP) is 2.43. The molecule has 0 fully saturated rings. The third-order valence-corrected chi connectivity index (χ3v) is 4.24. The van der Waals surface area contributed by atoms with Crippen molar-refractivity contribution in [1.29, 1.82) is 0 Å². The Kier molecular flexibility index (Phi) is 4.34. The van der Waals surface area contributed by atoms with Gasteiger partial charge >= 0.3 is 0 Å². The first-order chi connectivity index (χ1) is 11.5. The predicted molar refractivity (Wildman–Crippen MR) is 91.5 cm³/mol. The van der Waals surface area contributed by atoms with Gasteiger partial charge in [-0.1, -0.05) is 30.3 Å². The molecule has 124 valence electrons. The van der Waals surface area contributed by atoms with E-state index in [2.05, 4.69) is 10.3 Å². The topological polar surface area (TPSA) is 79.0 Å². The summed E-state index contributed by atoms with van der Waals surface area (Å²) in [4.78, 5) is 39.6. The van der Waals surface area contributed by atoms with Crippen LogP contribution < -0.4 is 10.9 Å². The van der Waals surface area contributed by atoms with Gasteiger partial charge in [0.05, 0.1) is 0 Å². The molecular weight excluding hydrogens is 304 g/mol. The lowest BCUT2D eigenvalue weighted by Crippen LogP contribution is -2.35. The summed E-state index contributed by atoms with van der Waals surface area (Å²) in [5.41, 5.74) is 1.70. The molecule has 0 radical (unpaired) electrons. The second kappa shape index (κ2) is 6.43. The fraction of sp³-hybridized carbons (Fsp3) is 0.316. The van der Waals surface area contributed by atoms with Gasteiger partial charge in [0, 0.05) is 23.7 Å². The summed E-state index contributed by atoms with van der Waals surface area (Å²) in [5, 5.41) is 2.69. The van der Waals surface area contributed by atoms with Crippen LogP contribution in [0.15, 0.2) is 41.2 Å². The summed E-state index contributed by atoms with van der Waals surface area (Å²) in [6.07, 6.45) is 0.973. The van der Waals surface area contributed by atoms with Crippen LogP contribution in [0.2, 0.25) is 0 Å². The molecule has 0 saturated carbocycles. The highest BCUT2D eigenvalue weighted by Crippen LogP contribution is 2.31. The maximum atomic E-state index is 12.5. The average molecular weight is 324 g/mol. The average Bonchev–Trinajstić information content (AvgIpc) is 2.54. The molecule has 1 unspecified atom stereocenters. The van der Waals surface area contributed by atoms with Crippen LogP contribution >= 0.6 is 0 Å². The molecule has 3 rings (SSSR count). The van der Waals surface area contributed by atoms with Crippen molar-refractivity contribution in [2.45, 2.75) is 38.6 Å². The van der Waals surface area contributed by atoms with Crippen molar-refractivity contribution in [1.82, 2.24) is 10.3 Å². The number of fused-ring (bicyclic) bond motifs is 1. The van der Waals surface area contributed by atoms with Gasteiger partial charge in [-0.3, -0.25) is 14.4 Å². The van der Waals surface area contributed by atoms with Crippen molar-refractivity contribution in [2.75, 3.05) is 0 Å². The number of pyridine rings is 1. The van der Waals surface area contributed by atoms with Gasteiger partial charge in [0.2, 0.25) is 0 Å². The SMILES string of the molecule is CC(C)NC(=O)c1cc2c([nH]c1=O)CC(c1ccccc1)CC2=O. The number of Topliss-reactive ketones (excluding diaryl/α,β-unsaturated/α-hetero) is 1. The van der Waals surface area contributed by atoms with Crippen molar-refractivity contribution in [3.05, 3.63) is 69.1 Å². The largest absolute Gasteiger partial charge is 0.350 e. The molecule has 24 heavy (non-hydrogen) atoms. The highest BCUT2D eigenvalue weighted by Gasteiger charge is 2.28. The van der Waals surface area contributed by atoms with Gasteiger partial charge in [-0.2, -0.15) is 0 Å². The molecule has 1 aliphatic carbocycles. The number of aromatic nitrogens is 1. The van der Waals surface area contributed by atoms with Gasteiger partial charge in [-0.25, -0.2) is 0 Å². The molecule has 0 spiro atoms. The lowest BCUT2D eigenvalue weighted by atomic mass is 9.81. The van der Waals surface area contributed by atoms with Crippen LogP contribution in [0.4, 0.5) is 0 Å². The number of carbonyl (C=O) groups is 2. The Bertz CT molecular complexity index is 837. The highest BCUT2D eigenvalue weighted by molar-refractivity contribution is 6.02. The summed E-state index contributed by atoms with van der Waals surface area (Å²) >= 11 is 0. The molecule has 0 aliphatic heterocycles. The van der Waals surface area contributed by atoms with E-state index in [1.54, 1.807) is 0 Å². The molecule has 2 N–H and O–H groups in total. The normalized spacial score (nSPS) is 16.8. The van der Waals surface area contributed by atoms with Gasteiger partial charge in [0.15, 0.2) is 5.78 Å². The van der Waals surface area contributed by atoms with Crippen molar-refractivity contribution < 1.29 is 9.59 Å². The van der Waals surface area contributed by atoms with E-state index in [4.69, 9.17) is 0 Å². The van der Waals surface area contributed by atoms with Gasteiger partial charge in [0.1, 0.15) is 5.56 Å². The summed E-state index contributed by atoms with van der Waals surface area (Å²) in [6, 6.07) is 11.2. The number of benzene rings is 1. The number of amides is 1. The van der Waals surface area contributed by atoms with Gasteiger partial charge in [-0.05, 0) is 37.8 Å². The molecule has 0 bridgehead atoms. The lowest BCUT2D eigenvalue weighted by Gasteiger charge is -2.24. The third-order valence-electron chi connectivity index (χ3n) is 4.24. The van der Waals surface area contributed by atoms with Crippen LogP contribution in [0.25, 0.3) is 0 Å². The zero-order chi connectivity index (χ0) is 17.3. The van der Waals surface area contributed by atoms with E-state index in [1.807, 2.05) is 44.2 Å². The minimum Gasteiger partial charge on any atom is -0.350 e. The Morgan fingerprint density at radius 1 is 1.17 bits per heavy atom. The molecule has 5 heteroatoms. The van der Waals surface area contributed by atoms with Crippen LogP contribution in [-0.4, -0.2) is 22.7 Å². The molecule has 1 aromatic carbocycles. The van der Waals surface area contributed by atoms with E-state index in [9.17, 15) is 14.4 Å². The second-order valence-electron chi connectivity index (χ2n) is 6.47. The molecule has 1 aromatic heterocycles. The number of ketones is 1. The molecular formula is C19H20N2O3. The Morgan fingerprint density at radius 2 is 1.88 bits per heavy atom. The summed E-state index contributed by atoms with van der Waals surface area (Å²) in [6.45, 7) is 3.64. The quantitative estimate of drug-likeness (QED) is 0.910. The Morgan fingerprint density at radius 3 is 2.54 bits per heavy atom. The summed E-state index contributed by atoms with van der Waals surface area (Å²) in [7, 11) is 0. The first kappa shape index (κ1) is 16.2. The number of aromatic amines is 1. The maximum Gasteiger partial charge on any atom is 0.261 e. The summed E-state index contributed by atoms with van der Waals surface area (Å²) in [5.74, 6) is -0.441. The van der Waals surface area contributed by atoms with Crippen LogP contribution in [0.1, 0.15) is 58.2 Å². The number of hydrogen-bond donors (Lipinski definition) is 2. The van der Waals surface area contributed by atoms with Crippen molar-refractivity contribution in [2.24, 2.45) is 0 Å². The van der Waals surface area contributed by atoms with Crippen LogP contribution in [0.5, 0.6) is 0 Å². The molecule has 1 atom stereocenters. The fourth-order valence-corrected chi connectivity index (χ4v) is 3.10. The highest BCUT2D eigenvalue weighted by atomic mass is 16.2. The first-order valence-corrected chi connectivity index (χ1v) is 8.11. The molecule has 5 nitrogen and oxygen atoms in total. The fourth-order valence-electron chi connectivity index (χ4n) is 3.10. The van der Waals surface area contributed by atoms with Crippen LogP contribution in [0.3, 0.4) is 0 Å². The first-order valence-electron chi connectivity index (χ1n) is 8.11. The third kappa shape index (κ3) is 3.15. The molecule has 1 heterocycles. The molecule has 1 amide bonds. The van der Waals surface area contributed by atoms with E-state index in [1.165, 1.54) is 6.07 Å². The number of H-pyrrole nitrogens is 1. The van der Waals surface area contributed by atoms with E-state index >= 15 is 0 Å². The van der Waals surface area contributed by atoms with Crippen molar-refractivity contribution in [3.8, 4) is 0 Å². The van der Waals surface area contributed by atoms with E-state index < -0.39 is 11.5 Å². The van der Waals surface area contributed by atoms with Crippen LogP contribution in [-0.2, 0) is 6.42 Å². The number of hydrogen-bond acceptors (Lipinski definition) is 3. The van der Waals surface area contributed by atoms with Gasteiger partial charge < -0.3 is 10.3 Å². The standard InChI is InChI=1S/C19H20N2O3/c1-11(2)20-18(23)15-10-14-16(21-19(15)24)8-13(9-17(14)22)12-6-4-3-5-7-12/h3-7,10-11,13H,8-9H2,1-2H3,(H,20,23)(H,21,24). The second-order valence-corrected chi connectivity index (χ2v) is 6.47. The zero-order valence-corrected chi connectivity index (χ0v) is 13.8. The van der Waals surface area contributed by atoms with E-state index in [0.717, 1.165) is 5.56 Å². The number of rotatable bonds is 3. The van der Waals surface area contributed by atoms with E-state index in [0.29, 0.717) is 24.1 Å². The summed E-state index contributed by atoms with van der Waals surface area (Å²) < 4.78 is 0. The Hall–Kier alpha value is -2.69. The molecule has 2 aromatic rings. The monoisotopic (exact) mass is 324 g/mol. The minimum atomic E-state index is -0.452. The van der Waals surface area contributed by atoms with Gasteiger partial charge in [-0.15, -0.1) is 0 Å². The lowest BCUT2D eigenvalue weighted by molar-refractivity contribution is 0.0941. The molecule has 1 aliphatic rings. The molecule has 0 saturated heterocycles. The van der Waals surface area contributed by atoms with Crippen molar-refractivity contribution >= 4 is 11.7 Å². The smallest absolute Gasteiger partial charge is 0.261 e. The Balaban J connectivity index is 1.95. The number of carbonyl (C=O) groups excluding carboxylic acids is 2. The van der Waals surface area contributed by atoms with Crippen LogP contribution in [0, 0.1) is 0 Å². The van der Waals surface area contributed by atoms with E-state index in [-0.39, 0.29) is 23.3 Å². The Labute approximate surface area is 140 Å². The number of nitrogens with one attached hydrogen (secondary N) is 2. The van der Waals surface area contributed by atoms with Gasteiger partial charge in [0.25, 0.3) is 11.5 Å². The van der Waals surface area contributed by atoms with Crippen molar-refractivity contribution in [3.63, 3.8) is 0 Å². The maximum absolute atomic E-state index is 12.5. The zero-order valence-electron chi connectivity index (χ0n) is 13.8.